The third-order valence-electron chi connectivity index (χ3n) is 6.44. The van der Waals surface area contributed by atoms with Crippen molar-refractivity contribution >= 4 is 26.6 Å². The Labute approximate surface area is 205 Å². The molecule has 1 aromatic heterocycles. The summed E-state index contributed by atoms with van der Waals surface area (Å²) < 4.78 is 69.6. The maximum atomic E-state index is 14.5. The maximum Gasteiger partial charge on any atom is 0.422 e. The minimum absolute atomic E-state index is 0.00866. The van der Waals surface area contributed by atoms with E-state index in [0.29, 0.717) is 0 Å². The monoisotopic (exact) mass is 526 g/mol. The van der Waals surface area contributed by atoms with E-state index >= 15 is 0 Å². The third-order valence-corrected chi connectivity index (χ3v) is 7.74. The van der Waals surface area contributed by atoms with Gasteiger partial charge >= 0.3 is 6.18 Å². The number of hydrogen-bond acceptors (Lipinski definition) is 6. The van der Waals surface area contributed by atoms with Gasteiger partial charge in [-0.25, -0.2) is 8.42 Å². The molecule has 1 fully saturated rings. The number of nitrogens with zero attached hydrogens (tertiary/aromatic N) is 4. The van der Waals surface area contributed by atoms with Crippen molar-refractivity contribution in [3.8, 4) is 0 Å². The molecule has 0 amide bonds. The second-order valence-corrected chi connectivity index (χ2v) is 10.9. The summed E-state index contributed by atoms with van der Waals surface area (Å²) in [6.45, 7) is -0.627. The molecular formula is C23H25F3N4O5S. The molecule has 1 saturated heterocycles. The number of β-amino-alcohol motifs (C(OH)–C–C–N with tert-alkyl or cyclic N) is 1. The molecule has 2 aromatic carbocycles. The lowest BCUT2D eigenvalue weighted by Crippen LogP contribution is -2.56. The number of alkyl halides is 3. The fourth-order valence-electron chi connectivity index (χ4n) is 4.50. The van der Waals surface area contributed by atoms with E-state index in [1.54, 1.807) is 30.3 Å². The Morgan fingerprint density at radius 2 is 1.69 bits per heavy atom. The number of aliphatic hydroxyl groups is 1. The quantitative estimate of drug-likeness (QED) is 0.375. The first-order valence-electron chi connectivity index (χ1n) is 11.1. The second kappa shape index (κ2) is 9.47. The molecular weight excluding hydrogens is 501 g/mol. The van der Waals surface area contributed by atoms with Gasteiger partial charge in [0.25, 0.3) is 5.69 Å². The van der Waals surface area contributed by atoms with Crippen molar-refractivity contribution in [1.29, 1.82) is 0 Å². The Balaban J connectivity index is 1.77. The van der Waals surface area contributed by atoms with Crippen molar-refractivity contribution in [3.05, 3.63) is 76.0 Å². The number of sulfonamides is 1. The molecule has 2 heterocycles. The Bertz CT molecular complexity index is 1370. The van der Waals surface area contributed by atoms with Gasteiger partial charge in [0.05, 0.1) is 16.7 Å². The molecule has 1 unspecified atom stereocenters. The summed E-state index contributed by atoms with van der Waals surface area (Å²) in [6, 6.07) is 12.4. The molecule has 1 aliphatic heterocycles. The standard InChI is InChI=1S/C23H25F3N4O5S/c1-36(34,35)29-11-9-27(10-12-29)16-22(31,23(24,25)26)20-15-28(14-17-5-3-2-4-6-17)21-13-18(30(32)33)7-8-19(20)21/h2-8,13,15,31H,9-12,14,16H2,1H3. The molecule has 0 bridgehead atoms. The van der Waals surface area contributed by atoms with Crippen LogP contribution in [0.2, 0.25) is 0 Å². The molecule has 36 heavy (non-hydrogen) atoms. The number of piperazine rings is 1. The van der Waals surface area contributed by atoms with E-state index in [4.69, 9.17) is 0 Å². The van der Waals surface area contributed by atoms with Crippen LogP contribution in [-0.2, 0) is 22.2 Å². The number of fused-ring (bicyclic) bond motifs is 1. The number of nitro benzene ring substituents is 1. The van der Waals surface area contributed by atoms with Gasteiger partial charge in [0.2, 0.25) is 15.6 Å². The highest BCUT2D eigenvalue weighted by molar-refractivity contribution is 7.88. The molecule has 13 heteroatoms. The first kappa shape index (κ1) is 26.1. The highest BCUT2D eigenvalue weighted by Gasteiger charge is 2.57. The summed E-state index contributed by atoms with van der Waals surface area (Å²) in [7, 11) is -3.48. The van der Waals surface area contributed by atoms with Crippen LogP contribution in [0.15, 0.2) is 54.7 Å². The number of rotatable bonds is 7. The van der Waals surface area contributed by atoms with Gasteiger partial charge in [-0.3, -0.25) is 15.0 Å². The molecule has 0 aliphatic carbocycles. The smallest absolute Gasteiger partial charge is 0.375 e. The highest BCUT2D eigenvalue weighted by atomic mass is 32.2. The first-order chi connectivity index (χ1) is 16.8. The zero-order chi connectivity index (χ0) is 26.3. The van der Waals surface area contributed by atoms with E-state index in [1.807, 2.05) is 0 Å². The number of hydrogen-bond donors (Lipinski definition) is 1. The van der Waals surface area contributed by atoms with Gasteiger partial charge in [-0.15, -0.1) is 0 Å². The average molecular weight is 527 g/mol. The van der Waals surface area contributed by atoms with E-state index in [9.17, 15) is 36.8 Å². The van der Waals surface area contributed by atoms with Crippen LogP contribution in [0.3, 0.4) is 0 Å². The lowest BCUT2D eigenvalue weighted by molar-refractivity contribution is -0.384. The topological polar surface area (TPSA) is 109 Å². The molecule has 0 spiro atoms. The van der Waals surface area contributed by atoms with Crippen LogP contribution < -0.4 is 0 Å². The minimum atomic E-state index is -5.07. The van der Waals surface area contributed by atoms with Gasteiger partial charge in [-0.1, -0.05) is 30.3 Å². The number of aromatic nitrogens is 1. The summed E-state index contributed by atoms with van der Waals surface area (Å²) in [5.74, 6) is 0. The lowest BCUT2D eigenvalue weighted by Gasteiger charge is -2.39. The zero-order valence-electron chi connectivity index (χ0n) is 19.3. The summed E-state index contributed by atoms with van der Waals surface area (Å²) in [5.41, 5.74) is -3.04. The predicted molar refractivity (Wildman–Crippen MR) is 127 cm³/mol. The van der Waals surface area contributed by atoms with Crippen molar-refractivity contribution in [2.24, 2.45) is 0 Å². The van der Waals surface area contributed by atoms with Crippen molar-refractivity contribution in [2.75, 3.05) is 39.0 Å². The number of halogens is 3. The van der Waals surface area contributed by atoms with Crippen molar-refractivity contribution in [3.63, 3.8) is 0 Å². The Morgan fingerprint density at radius 1 is 1.06 bits per heavy atom. The molecule has 1 N–H and O–H groups in total. The third kappa shape index (κ3) is 5.09. The van der Waals surface area contributed by atoms with Crippen LogP contribution in [-0.4, -0.2) is 77.4 Å². The van der Waals surface area contributed by atoms with Gasteiger partial charge in [0.15, 0.2) is 0 Å². The predicted octanol–water partition coefficient (Wildman–Crippen LogP) is 2.92. The van der Waals surface area contributed by atoms with Gasteiger partial charge < -0.3 is 9.67 Å². The largest absolute Gasteiger partial charge is 0.422 e. The van der Waals surface area contributed by atoms with Gasteiger partial charge in [-0.2, -0.15) is 17.5 Å². The summed E-state index contributed by atoms with van der Waals surface area (Å²) in [4.78, 5) is 12.1. The molecule has 0 saturated carbocycles. The van der Waals surface area contributed by atoms with Crippen LogP contribution in [0.5, 0.6) is 0 Å². The Morgan fingerprint density at radius 3 is 2.25 bits per heavy atom. The first-order valence-corrected chi connectivity index (χ1v) is 12.9. The highest BCUT2D eigenvalue weighted by Crippen LogP contribution is 2.44. The number of non-ortho nitro benzene ring substituents is 1. The van der Waals surface area contributed by atoms with Crippen molar-refractivity contribution in [1.82, 2.24) is 13.8 Å². The lowest BCUT2D eigenvalue weighted by atomic mass is 9.91. The number of nitro groups is 1. The Kier molecular flexibility index (Phi) is 6.86. The molecule has 9 nitrogen and oxygen atoms in total. The molecule has 0 radical (unpaired) electrons. The van der Waals surface area contributed by atoms with E-state index in [1.165, 1.54) is 32.1 Å². The summed E-state index contributed by atoms with van der Waals surface area (Å²) in [6.07, 6.45) is -2.84. The van der Waals surface area contributed by atoms with Gasteiger partial charge in [-0.05, 0) is 11.6 Å². The van der Waals surface area contributed by atoms with E-state index in [2.05, 4.69) is 0 Å². The maximum absolute atomic E-state index is 14.5. The SMILES string of the molecule is CS(=O)(=O)N1CCN(CC(O)(c2cn(Cc3ccccc3)c3cc([N+](=O)[O-])ccc23)C(F)(F)F)CC1. The van der Waals surface area contributed by atoms with Crippen LogP contribution in [0, 0.1) is 10.1 Å². The molecule has 4 rings (SSSR count). The van der Waals surface area contributed by atoms with Gasteiger partial charge in [0, 0.05) is 68.5 Å². The molecule has 194 valence electrons. The Hall–Kier alpha value is -3.00. The van der Waals surface area contributed by atoms with Gasteiger partial charge in [0.1, 0.15) is 0 Å². The van der Waals surface area contributed by atoms with E-state index < -0.39 is 38.8 Å². The zero-order valence-corrected chi connectivity index (χ0v) is 20.2. The summed E-state index contributed by atoms with van der Waals surface area (Å²) in [5, 5.41) is 22.6. The van der Waals surface area contributed by atoms with Crippen LogP contribution >= 0.6 is 0 Å². The van der Waals surface area contributed by atoms with E-state index in [-0.39, 0.29) is 49.3 Å². The number of benzene rings is 2. The fourth-order valence-corrected chi connectivity index (χ4v) is 5.33. The normalized spacial score (nSPS) is 17.8. The molecule has 1 atom stereocenters. The van der Waals surface area contributed by atoms with Crippen LogP contribution in [0.1, 0.15) is 11.1 Å². The molecule has 1 aliphatic rings. The minimum Gasteiger partial charge on any atom is -0.375 e. The molecule has 3 aromatic rings. The second-order valence-electron chi connectivity index (χ2n) is 8.91. The van der Waals surface area contributed by atoms with Crippen molar-refractivity contribution < 1.29 is 31.6 Å². The average Bonchev–Trinajstić information content (AvgIpc) is 3.17. The van der Waals surface area contributed by atoms with E-state index in [0.717, 1.165) is 17.9 Å². The van der Waals surface area contributed by atoms with Crippen LogP contribution in [0.4, 0.5) is 18.9 Å². The van der Waals surface area contributed by atoms with Crippen LogP contribution in [0.25, 0.3) is 10.9 Å². The van der Waals surface area contributed by atoms with Crippen molar-refractivity contribution in [2.45, 2.75) is 18.3 Å². The fraction of sp³-hybridized carbons (Fsp3) is 0.391. The summed E-state index contributed by atoms with van der Waals surface area (Å²) >= 11 is 0.